The molecule has 0 bridgehead atoms. The van der Waals surface area contributed by atoms with Crippen LogP contribution < -0.4 is 4.74 Å². The Labute approximate surface area is 102 Å². The molecule has 2 unspecified atom stereocenters. The molecule has 1 aromatic rings. The van der Waals surface area contributed by atoms with E-state index in [1.807, 2.05) is 18.2 Å². The van der Waals surface area contributed by atoms with Crippen molar-refractivity contribution in [2.75, 3.05) is 7.11 Å². The SMILES string of the molecule is COc1ccc(C(C)C)cc1C(Cl)C(C)O. The zero-order valence-electron chi connectivity index (χ0n) is 10.2. The van der Waals surface area contributed by atoms with Crippen LogP contribution in [0.5, 0.6) is 5.75 Å². The van der Waals surface area contributed by atoms with Gasteiger partial charge < -0.3 is 9.84 Å². The van der Waals surface area contributed by atoms with Crippen molar-refractivity contribution >= 4 is 11.6 Å². The number of halogens is 1. The summed E-state index contributed by atoms with van der Waals surface area (Å²) in [6, 6.07) is 5.94. The van der Waals surface area contributed by atoms with Gasteiger partial charge in [-0.1, -0.05) is 26.0 Å². The highest BCUT2D eigenvalue weighted by Gasteiger charge is 2.19. The van der Waals surface area contributed by atoms with E-state index in [2.05, 4.69) is 13.8 Å². The topological polar surface area (TPSA) is 29.5 Å². The van der Waals surface area contributed by atoms with Crippen LogP contribution in [0.1, 0.15) is 43.2 Å². The molecule has 0 aliphatic carbocycles. The molecule has 0 saturated heterocycles. The van der Waals surface area contributed by atoms with Crippen molar-refractivity contribution in [2.24, 2.45) is 0 Å². The van der Waals surface area contributed by atoms with Crippen molar-refractivity contribution < 1.29 is 9.84 Å². The van der Waals surface area contributed by atoms with E-state index in [4.69, 9.17) is 16.3 Å². The minimum absolute atomic E-state index is 0.433. The molecule has 3 heteroatoms. The van der Waals surface area contributed by atoms with E-state index in [-0.39, 0.29) is 0 Å². The van der Waals surface area contributed by atoms with Gasteiger partial charge in [-0.15, -0.1) is 11.6 Å². The molecule has 0 aromatic heterocycles. The second kappa shape index (κ2) is 5.55. The largest absolute Gasteiger partial charge is 0.496 e. The molecular formula is C13H19ClO2. The van der Waals surface area contributed by atoms with Crippen LogP contribution in [0.3, 0.4) is 0 Å². The summed E-state index contributed by atoms with van der Waals surface area (Å²) in [7, 11) is 1.61. The van der Waals surface area contributed by atoms with Crippen molar-refractivity contribution in [1.82, 2.24) is 0 Å². The summed E-state index contributed by atoms with van der Waals surface area (Å²) in [5, 5.41) is 9.10. The first-order valence-electron chi connectivity index (χ1n) is 5.47. The standard InChI is InChI=1S/C13H19ClO2/c1-8(2)10-5-6-12(16-4)11(7-10)13(14)9(3)15/h5-9,13,15H,1-4H3. The van der Waals surface area contributed by atoms with Crippen LogP contribution in [0.2, 0.25) is 0 Å². The Morgan fingerprint density at radius 2 is 1.88 bits per heavy atom. The molecule has 0 heterocycles. The van der Waals surface area contributed by atoms with Crippen molar-refractivity contribution in [3.05, 3.63) is 29.3 Å². The zero-order valence-corrected chi connectivity index (χ0v) is 11.0. The van der Waals surface area contributed by atoms with E-state index in [1.54, 1.807) is 14.0 Å². The summed E-state index contributed by atoms with van der Waals surface area (Å²) in [5.74, 6) is 1.16. The van der Waals surface area contributed by atoms with Crippen LogP contribution in [-0.4, -0.2) is 18.3 Å². The van der Waals surface area contributed by atoms with E-state index < -0.39 is 11.5 Å². The molecule has 0 fully saturated rings. The number of alkyl halides is 1. The van der Waals surface area contributed by atoms with Crippen molar-refractivity contribution in [1.29, 1.82) is 0 Å². The first kappa shape index (κ1) is 13.3. The predicted octanol–water partition coefficient (Wildman–Crippen LogP) is 3.48. The monoisotopic (exact) mass is 242 g/mol. The number of methoxy groups -OCH3 is 1. The van der Waals surface area contributed by atoms with Crippen molar-refractivity contribution in [3.63, 3.8) is 0 Å². The van der Waals surface area contributed by atoms with Gasteiger partial charge in [-0.25, -0.2) is 0 Å². The van der Waals surface area contributed by atoms with Crippen LogP contribution in [0.4, 0.5) is 0 Å². The Balaban J connectivity index is 3.16. The van der Waals surface area contributed by atoms with E-state index in [0.717, 1.165) is 11.3 Å². The second-order valence-electron chi connectivity index (χ2n) is 4.30. The molecule has 0 amide bonds. The molecule has 16 heavy (non-hydrogen) atoms. The van der Waals surface area contributed by atoms with Gasteiger partial charge in [0.15, 0.2) is 0 Å². The zero-order chi connectivity index (χ0) is 12.3. The summed E-state index contributed by atoms with van der Waals surface area (Å²) in [4.78, 5) is 0. The van der Waals surface area contributed by atoms with Gasteiger partial charge in [0, 0.05) is 5.56 Å². The second-order valence-corrected chi connectivity index (χ2v) is 4.77. The van der Waals surface area contributed by atoms with Crippen LogP contribution in [0.15, 0.2) is 18.2 Å². The van der Waals surface area contributed by atoms with E-state index in [1.165, 1.54) is 5.56 Å². The first-order chi connectivity index (χ1) is 7.47. The first-order valence-corrected chi connectivity index (χ1v) is 5.91. The molecule has 90 valence electrons. The molecule has 2 atom stereocenters. The van der Waals surface area contributed by atoms with Crippen molar-refractivity contribution in [3.8, 4) is 5.75 Å². The third-order valence-corrected chi connectivity index (χ3v) is 3.24. The Morgan fingerprint density at radius 3 is 2.31 bits per heavy atom. The fourth-order valence-corrected chi connectivity index (χ4v) is 1.76. The molecule has 0 saturated carbocycles. The van der Waals surface area contributed by atoms with Crippen LogP contribution in [0.25, 0.3) is 0 Å². The minimum atomic E-state index is -0.599. The third kappa shape index (κ3) is 2.89. The summed E-state index contributed by atoms with van der Waals surface area (Å²) < 4.78 is 5.26. The highest BCUT2D eigenvalue weighted by molar-refractivity contribution is 6.21. The molecular weight excluding hydrogens is 224 g/mol. The van der Waals surface area contributed by atoms with Gasteiger partial charge in [0.05, 0.1) is 18.6 Å². The van der Waals surface area contributed by atoms with Gasteiger partial charge in [-0.2, -0.15) is 0 Å². The number of aliphatic hydroxyl groups excluding tert-OH is 1. The van der Waals surface area contributed by atoms with Crippen LogP contribution in [-0.2, 0) is 0 Å². The Kier molecular flexibility index (Phi) is 4.63. The fraction of sp³-hybridized carbons (Fsp3) is 0.538. The lowest BCUT2D eigenvalue weighted by molar-refractivity contribution is 0.188. The number of hydrogen-bond acceptors (Lipinski definition) is 2. The fourth-order valence-electron chi connectivity index (χ4n) is 1.59. The van der Waals surface area contributed by atoms with Gasteiger partial charge in [0.25, 0.3) is 0 Å². The number of hydrogen-bond donors (Lipinski definition) is 1. The molecule has 2 nitrogen and oxygen atoms in total. The molecule has 1 rings (SSSR count). The Morgan fingerprint density at radius 1 is 1.25 bits per heavy atom. The number of benzene rings is 1. The van der Waals surface area contributed by atoms with E-state index >= 15 is 0 Å². The molecule has 0 aliphatic rings. The smallest absolute Gasteiger partial charge is 0.123 e. The van der Waals surface area contributed by atoms with Gasteiger partial charge in [0.2, 0.25) is 0 Å². The average molecular weight is 243 g/mol. The molecule has 1 N–H and O–H groups in total. The van der Waals surface area contributed by atoms with Gasteiger partial charge in [0.1, 0.15) is 5.75 Å². The highest BCUT2D eigenvalue weighted by atomic mass is 35.5. The Bertz CT molecular complexity index is 348. The van der Waals surface area contributed by atoms with Crippen molar-refractivity contribution in [2.45, 2.75) is 38.2 Å². The van der Waals surface area contributed by atoms with Gasteiger partial charge in [-0.05, 0) is 24.5 Å². The number of ether oxygens (including phenoxy) is 1. The van der Waals surface area contributed by atoms with Crippen LogP contribution >= 0.6 is 11.6 Å². The normalized spacial score (nSPS) is 14.9. The minimum Gasteiger partial charge on any atom is -0.496 e. The molecule has 0 radical (unpaired) electrons. The maximum Gasteiger partial charge on any atom is 0.123 e. The average Bonchev–Trinajstić information content (AvgIpc) is 2.26. The predicted molar refractivity (Wildman–Crippen MR) is 67.4 cm³/mol. The Hall–Kier alpha value is -0.730. The quantitative estimate of drug-likeness (QED) is 0.820. The molecule has 0 spiro atoms. The lowest BCUT2D eigenvalue weighted by Gasteiger charge is -2.18. The number of aliphatic hydroxyl groups is 1. The number of rotatable bonds is 4. The maximum absolute atomic E-state index is 9.54. The lowest BCUT2D eigenvalue weighted by atomic mass is 9.97. The lowest BCUT2D eigenvalue weighted by Crippen LogP contribution is -2.10. The maximum atomic E-state index is 9.54. The summed E-state index contributed by atoms with van der Waals surface area (Å²) in [6.45, 7) is 5.92. The van der Waals surface area contributed by atoms with Gasteiger partial charge >= 0.3 is 0 Å². The van der Waals surface area contributed by atoms with E-state index in [0.29, 0.717) is 5.92 Å². The third-order valence-electron chi connectivity index (χ3n) is 2.64. The van der Waals surface area contributed by atoms with Gasteiger partial charge in [-0.3, -0.25) is 0 Å². The van der Waals surface area contributed by atoms with Crippen LogP contribution in [0, 0.1) is 0 Å². The molecule has 0 aliphatic heterocycles. The summed E-state index contributed by atoms with van der Waals surface area (Å²) in [5.41, 5.74) is 2.05. The molecule has 1 aromatic carbocycles. The summed E-state index contributed by atoms with van der Waals surface area (Å²) in [6.07, 6.45) is -0.599. The highest BCUT2D eigenvalue weighted by Crippen LogP contribution is 2.34. The summed E-state index contributed by atoms with van der Waals surface area (Å²) >= 11 is 6.17. The van der Waals surface area contributed by atoms with E-state index in [9.17, 15) is 5.11 Å².